The van der Waals surface area contributed by atoms with E-state index in [4.69, 9.17) is 34.3 Å². The number of aliphatic hydroxyl groups is 2. The number of anilines is 1. The zero-order valence-corrected chi connectivity index (χ0v) is 52.5. The first-order chi connectivity index (χ1) is 42.9. The van der Waals surface area contributed by atoms with Gasteiger partial charge in [-0.1, -0.05) is 70.2 Å². The topological polar surface area (TPSA) is 327 Å². The fourth-order valence-electron chi connectivity index (χ4n) is 11.1. The molecule has 484 valence electrons. The van der Waals surface area contributed by atoms with Gasteiger partial charge in [-0.15, -0.1) is 0 Å². The van der Waals surface area contributed by atoms with Crippen LogP contribution in [-0.2, 0) is 28.6 Å². The highest BCUT2D eigenvalue weighted by Crippen LogP contribution is 2.55. The molecule has 2 fully saturated rings. The van der Waals surface area contributed by atoms with Crippen molar-refractivity contribution in [3.8, 4) is 34.5 Å². The minimum atomic E-state index is -2.04. The number of aliphatic hydroxyl groups excluding tert-OH is 2. The van der Waals surface area contributed by atoms with Gasteiger partial charge in [-0.25, -0.2) is 5.84 Å². The molecule has 0 spiro atoms. The molecule has 6 aliphatic heterocycles. The number of rotatable bonds is 8. The third kappa shape index (κ3) is 16.3. The van der Waals surface area contributed by atoms with Gasteiger partial charge in [0.25, 0.3) is 17.6 Å². The molecule has 7 heterocycles. The number of nitrogen functional groups attached to an aromatic ring is 1. The number of nitrogens with zero attached hydrogens (tertiary/aromatic N) is 5. The van der Waals surface area contributed by atoms with E-state index in [-0.39, 0.29) is 63.1 Å². The Balaban J connectivity index is 0.000000299. The highest BCUT2D eigenvalue weighted by molar-refractivity contribution is 6.24. The second-order valence-corrected chi connectivity index (χ2v) is 23.0. The van der Waals surface area contributed by atoms with E-state index in [9.17, 15) is 49.5 Å². The Bertz CT molecular complexity index is 3430. The van der Waals surface area contributed by atoms with Crippen molar-refractivity contribution in [1.82, 2.24) is 25.2 Å². The third-order valence-corrected chi connectivity index (χ3v) is 16.6. The molecular formula is C66H84N8O16. The standard InChI is InChI=1S/C43H58N4O12.C17H19NO3.C6H7N3O/c1-21-12-11-13-22(2)42(55)45-33-28(20-44-47-17-15-46(9)16-18-47)37(52)30-31(38(33)53)36(51)26(6)40-32(30)41(54)43(8,59-40)57-19-14-29(56-10)23(3)39(58-27(7)48)25(5)35(50)24(4)34(21)49;19-17(18-10-4-1-5-11-18)7-3-2-6-14-8-9-15-16(12-14)21-13-20-15;7-9-6(10)5-1-3-8-4-2-5/h11-14,19-21,23-25,29,34-35,39,49-53H,15-18H2,1-10H3,(H,45,55);2-3,6-9,12H,1,4-5,10-11,13H2;1-4H,7H2,(H,9,10)/b12-11+,19-14+,22-13-,44-20+;6-2+,7-3+;/t21-,23+,24+,25+,29-,34-,35+,39+,43-;;/m0../s1. The van der Waals surface area contributed by atoms with Crippen LogP contribution in [0.3, 0.4) is 0 Å². The van der Waals surface area contributed by atoms with Gasteiger partial charge in [0, 0.05) is 124 Å². The van der Waals surface area contributed by atoms with Gasteiger partial charge in [0.1, 0.15) is 23.4 Å². The van der Waals surface area contributed by atoms with Crippen molar-refractivity contribution in [2.75, 3.05) is 65.5 Å². The number of phenolic OH excluding ortho intramolecular Hbond substituents is 3. The Morgan fingerprint density at radius 3 is 2.21 bits per heavy atom. The predicted octanol–water partition coefficient (Wildman–Crippen LogP) is 7.02. The number of piperidine rings is 1. The number of likely N-dealkylation sites (tertiary alicyclic amines) is 1. The number of ether oxygens (including phenoxy) is 6. The van der Waals surface area contributed by atoms with Crippen LogP contribution in [0.4, 0.5) is 5.69 Å². The first-order valence-electron chi connectivity index (χ1n) is 29.9. The minimum absolute atomic E-state index is 0.0559. The van der Waals surface area contributed by atoms with Gasteiger partial charge in [-0.2, -0.15) is 5.10 Å². The van der Waals surface area contributed by atoms with Crippen LogP contribution in [0, 0.1) is 30.6 Å². The molecule has 2 saturated heterocycles. The predicted molar refractivity (Wildman–Crippen MR) is 338 cm³/mol. The van der Waals surface area contributed by atoms with Crippen LogP contribution in [0.15, 0.2) is 102 Å². The van der Waals surface area contributed by atoms with Gasteiger partial charge >= 0.3 is 11.8 Å². The molecule has 90 heavy (non-hydrogen) atoms. The van der Waals surface area contributed by atoms with E-state index in [2.05, 4.69) is 20.3 Å². The number of aromatic nitrogens is 1. The molecule has 0 radical (unpaired) electrons. The van der Waals surface area contributed by atoms with Gasteiger partial charge in [0.05, 0.1) is 53.0 Å². The van der Waals surface area contributed by atoms with E-state index in [1.54, 1.807) is 69.1 Å². The molecule has 24 nitrogen and oxygen atoms in total. The van der Waals surface area contributed by atoms with E-state index in [1.807, 2.05) is 47.7 Å². The van der Waals surface area contributed by atoms with Crippen molar-refractivity contribution in [1.29, 1.82) is 0 Å². The van der Waals surface area contributed by atoms with E-state index >= 15 is 0 Å². The quantitative estimate of drug-likeness (QED) is 0.0101. The molecular weight excluding hydrogens is 1160 g/mol. The van der Waals surface area contributed by atoms with Crippen LogP contribution < -0.4 is 30.8 Å². The normalized spacial score (nSPS) is 26.2. The number of nitrogens with two attached hydrogens (primary N) is 1. The van der Waals surface area contributed by atoms with Gasteiger partial charge in [0.2, 0.25) is 12.7 Å². The summed E-state index contributed by atoms with van der Waals surface area (Å²) in [7, 11) is 3.42. The van der Waals surface area contributed by atoms with Crippen LogP contribution >= 0.6 is 0 Å². The lowest BCUT2D eigenvalue weighted by Gasteiger charge is -2.38. The summed E-state index contributed by atoms with van der Waals surface area (Å²) < 4.78 is 34.2. The van der Waals surface area contributed by atoms with Crippen molar-refractivity contribution in [2.24, 2.45) is 34.6 Å². The summed E-state index contributed by atoms with van der Waals surface area (Å²) in [5.74, 6) is -2.11. The van der Waals surface area contributed by atoms with E-state index < -0.39 is 88.8 Å². The third-order valence-electron chi connectivity index (χ3n) is 16.6. The Hall–Kier alpha value is -8.81. The maximum atomic E-state index is 14.4. The maximum Gasteiger partial charge on any atom is 0.312 e. The van der Waals surface area contributed by atoms with Crippen molar-refractivity contribution in [3.63, 3.8) is 0 Å². The average Bonchev–Trinajstić information content (AvgIpc) is 1.43. The fourth-order valence-corrected chi connectivity index (χ4v) is 11.1. The summed E-state index contributed by atoms with van der Waals surface area (Å²) in [5.41, 5.74) is 3.20. The lowest BCUT2D eigenvalue weighted by molar-refractivity contribution is -0.160. The molecule has 10 rings (SSSR count). The lowest BCUT2D eigenvalue weighted by Crippen LogP contribution is -2.46. The lowest BCUT2D eigenvalue weighted by atomic mass is 9.78. The molecule has 24 heteroatoms. The number of hydrogen-bond donors (Lipinski definition) is 8. The number of aromatic hydroxyl groups is 3. The Labute approximate surface area is 523 Å². The number of hydrazone groups is 1. The number of carbonyl (C=O) groups is 5. The Morgan fingerprint density at radius 1 is 0.856 bits per heavy atom. The summed E-state index contributed by atoms with van der Waals surface area (Å²) in [4.78, 5) is 71.0. The number of piperazine rings is 1. The summed E-state index contributed by atoms with van der Waals surface area (Å²) in [6.07, 6.45) is 18.6. The minimum Gasteiger partial charge on any atom is -0.507 e. The molecule has 0 saturated carbocycles. The molecule has 9 N–H and O–H groups in total. The molecule has 1 aromatic heterocycles. The number of hydrazine groups is 1. The van der Waals surface area contributed by atoms with Crippen molar-refractivity contribution >= 4 is 58.2 Å². The first kappa shape index (κ1) is 68.7. The van der Waals surface area contributed by atoms with Crippen LogP contribution in [-0.4, -0.2) is 171 Å². The molecule has 3 aromatic carbocycles. The largest absolute Gasteiger partial charge is 0.507 e. The number of allylic oxidation sites excluding steroid dienone is 4. The second-order valence-electron chi connectivity index (χ2n) is 23.0. The van der Waals surface area contributed by atoms with Gasteiger partial charge in [-0.05, 0) is 76.1 Å². The fraction of sp³-hybridized carbons (Fsp3) is 0.439. The number of fused-ring (bicyclic) bond motifs is 15. The van der Waals surface area contributed by atoms with Crippen LogP contribution in [0.1, 0.15) is 105 Å². The van der Waals surface area contributed by atoms with Gasteiger partial charge in [-0.3, -0.25) is 39.4 Å². The van der Waals surface area contributed by atoms with Gasteiger partial charge < -0.3 is 69.1 Å². The van der Waals surface area contributed by atoms with Crippen LogP contribution in [0.25, 0.3) is 16.8 Å². The molecule has 6 aliphatic rings. The van der Waals surface area contributed by atoms with Crippen molar-refractivity contribution in [2.45, 2.75) is 105 Å². The van der Waals surface area contributed by atoms with Crippen molar-refractivity contribution < 1.29 is 77.9 Å². The van der Waals surface area contributed by atoms with E-state index in [0.717, 1.165) is 56.1 Å². The number of ketones is 1. The number of likely N-dealkylation sites (N-methyl/N-ethyl adjacent to an activating group) is 1. The SMILES string of the molecule is CO[C@H]1/C=C/O[C@@]2(C)Oc3c(C)c(O)c4c(O)c(c(/C=N/N5CCN(C)CC5)c(O)c4c3C2=O)NC(=O)/C(C)=C\C=C\[C@H](C)[C@H](O)[C@@H](C)[C@@H](O)[C@@H](C)[C@H](OC(C)=O)[C@@H]1C.NNC(=O)c1ccncc1.O=C(/C=C/C=C/c1ccc2c(c1)OCO2)N1CCCCC1. The number of methoxy groups -OCH3 is 1. The highest BCUT2D eigenvalue weighted by atomic mass is 16.7. The number of amides is 3. The highest BCUT2D eigenvalue weighted by Gasteiger charge is 2.50. The first-order valence-corrected chi connectivity index (χ1v) is 29.9. The molecule has 0 aliphatic carbocycles. The van der Waals surface area contributed by atoms with E-state index in [1.165, 1.54) is 78.2 Å². The molecule has 0 unspecified atom stereocenters. The summed E-state index contributed by atoms with van der Waals surface area (Å²) in [5, 5.41) is 66.8. The maximum absolute atomic E-state index is 14.4. The molecule has 9 atom stereocenters. The number of pyridine rings is 1. The summed E-state index contributed by atoms with van der Waals surface area (Å²) >= 11 is 0. The zero-order valence-electron chi connectivity index (χ0n) is 52.5. The average molecular weight is 1250 g/mol. The molecule has 4 aromatic rings. The zero-order chi connectivity index (χ0) is 65.6. The number of hydrogen-bond acceptors (Lipinski definition) is 21. The van der Waals surface area contributed by atoms with Crippen molar-refractivity contribution in [3.05, 3.63) is 125 Å². The van der Waals surface area contributed by atoms with Crippen LogP contribution in [0.2, 0.25) is 0 Å². The number of esters is 1. The van der Waals surface area contributed by atoms with E-state index in [0.29, 0.717) is 18.7 Å². The summed E-state index contributed by atoms with van der Waals surface area (Å²) in [6.45, 7) is 17.1. The molecule has 5 bridgehead atoms. The van der Waals surface area contributed by atoms with Crippen LogP contribution in [0.5, 0.6) is 34.5 Å². The summed E-state index contributed by atoms with van der Waals surface area (Å²) in [6, 6.07) is 8.96. The number of Topliss-reactive ketones (excluding diaryl/α,β-unsaturated/α-hetero) is 1. The second kappa shape index (κ2) is 31.1. The van der Waals surface area contributed by atoms with Gasteiger partial charge in [0.15, 0.2) is 17.2 Å². The smallest absolute Gasteiger partial charge is 0.312 e. The molecule has 3 amide bonds. The number of benzene rings is 3. The number of carbonyl (C=O) groups excluding carboxylic acids is 5. The Morgan fingerprint density at radius 2 is 1.54 bits per heavy atom. The number of nitrogens with one attached hydrogen (secondary N) is 2. The monoisotopic (exact) mass is 1240 g/mol. The Kier molecular flexibility index (Phi) is 23.7. The number of phenols is 3.